The van der Waals surface area contributed by atoms with Crippen LogP contribution in [0.25, 0.3) is 0 Å². The zero-order chi connectivity index (χ0) is 11.4. The molecule has 0 amide bonds. The second-order valence-corrected chi connectivity index (χ2v) is 6.28. The summed E-state index contributed by atoms with van der Waals surface area (Å²) in [7, 11) is -3.31. The van der Waals surface area contributed by atoms with E-state index in [1.54, 1.807) is 0 Å². The van der Waals surface area contributed by atoms with Gasteiger partial charge in [0.15, 0.2) is 0 Å². The Morgan fingerprint density at radius 1 is 1.00 bits per heavy atom. The van der Waals surface area contributed by atoms with Crippen LogP contribution in [0.15, 0.2) is 0 Å². The van der Waals surface area contributed by atoms with Crippen LogP contribution in [-0.2, 0) is 14.3 Å². The fourth-order valence-corrected chi connectivity index (χ4v) is 2.13. The van der Waals surface area contributed by atoms with E-state index in [2.05, 4.69) is 27.7 Å². The van der Waals surface area contributed by atoms with Crippen molar-refractivity contribution in [2.75, 3.05) is 6.26 Å². The van der Waals surface area contributed by atoms with Crippen LogP contribution in [0.3, 0.4) is 0 Å². The first-order valence-corrected chi connectivity index (χ1v) is 6.90. The van der Waals surface area contributed by atoms with Crippen LogP contribution in [0.5, 0.6) is 0 Å². The lowest BCUT2D eigenvalue weighted by Crippen LogP contribution is -2.21. The molecule has 0 bridgehead atoms. The summed E-state index contributed by atoms with van der Waals surface area (Å²) in [5, 5.41) is 0. The number of hydrogen-bond donors (Lipinski definition) is 0. The number of rotatable bonds is 6. The zero-order valence-corrected chi connectivity index (χ0v) is 10.6. The van der Waals surface area contributed by atoms with E-state index in [1.807, 2.05) is 0 Å². The van der Waals surface area contributed by atoms with Gasteiger partial charge in [-0.3, -0.25) is 4.18 Å². The normalized spacial score (nSPS) is 13.1. The van der Waals surface area contributed by atoms with Gasteiger partial charge in [-0.25, -0.2) is 0 Å². The molecule has 0 aliphatic heterocycles. The molecule has 86 valence electrons. The summed E-state index contributed by atoms with van der Waals surface area (Å²) >= 11 is 0. The van der Waals surface area contributed by atoms with Gasteiger partial charge in [0.1, 0.15) is 0 Å². The molecular formula is C10H22O3S. The quantitative estimate of drug-likeness (QED) is 0.648. The summed E-state index contributed by atoms with van der Waals surface area (Å²) in [5.74, 6) is 0.918. The predicted molar refractivity (Wildman–Crippen MR) is 58.6 cm³/mol. The Bertz CT molecular complexity index is 232. The van der Waals surface area contributed by atoms with E-state index >= 15 is 0 Å². The summed E-state index contributed by atoms with van der Waals surface area (Å²) < 4.78 is 27.0. The number of hydrogen-bond acceptors (Lipinski definition) is 3. The van der Waals surface area contributed by atoms with Crippen molar-refractivity contribution in [2.24, 2.45) is 11.8 Å². The molecule has 0 saturated carbocycles. The lowest BCUT2D eigenvalue weighted by atomic mass is 9.98. The van der Waals surface area contributed by atoms with Crippen molar-refractivity contribution in [3.05, 3.63) is 0 Å². The van der Waals surface area contributed by atoms with Crippen molar-refractivity contribution >= 4 is 10.1 Å². The molecule has 0 heterocycles. The van der Waals surface area contributed by atoms with Gasteiger partial charge in [0, 0.05) is 0 Å². The largest absolute Gasteiger partial charge is 0.267 e. The van der Waals surface area contributed by atoms with Gasteiger partial charge < -0.3 is 0 Å². The average Bonchev–Trinajstić information content (AvgIpc) is 1.77. The van der Waals surface area contributed by atoms with Crippen molar-refractivity contribution < 1.29 is 12.6 Å². The van der Waals surface area contributed by atoms with E-state index in [-0.39, 0.29) is 6.10 Å². The highest BCUT2D eigenvalue weighted by Crippen LogP contribution is 2.17. The molecule has 3 nitrogen and oxygen atoms in total. The van der Waals surface area contributed by atoms with Crippen LogP contribution in [0, 0.1) is 11.8 Å². The van der Waals surface area contributed by atoms with Gasteiger partial charge in [0.05, 0.1) is 12.4 Å². The lowest BCUT2D eigenvalue weighted by molar-refractivity contribution is 0.158. The summed E-state index contributed by atoms with van der Waals surface area (Å²) in [6, 6.07) is 0. The van der Waals surface area contributed by atoms with E-state index in [0.29, 0.717) is 11.8 Å². The Balaban J connectivity index is 4.25. The molecule has 0 radical (unpaired) electrons. The Morgan fingerprint density at radius 3 is 1.57 bits per heavy atom. The molecule has 0 fully saturated rings. The maximum absolute atomic E-state index is 11.0. The van der Waals surface area contributed by atoms with Crippen molar-refractivity contribution in [1.82, 2.24) is 0 Å². The fourth-order valence-electron chi connectivity index (χ4n) is 1.47. The lowest BCUT2D eigenvalue weighted by Gasteiger charge is -2.19. The Morgan fingerprint density at radius 2 is 1.36 bits per heavy atom. The minimum absolute atomic E-state index is 0.162. The molecule has 0 N–H and O–H groups in total. The van der Waals surface area contributed by atoms with Crippen molar-refractivity contribution in [2.45, 2.75) is 46.6 Å². The Labute approximate surface area is 88.0 Å². The molecule has 0 aromatic heterocycles. The minimum Gasteiger partial charge on any atom is -0.267 e. The topological polar surface area (TPSA) is 43.4 Å². The average molecular weight is 222 g/mol. The fraction of sp³-hybridized carbons (Fsp3) is 1.00. The van der Waals surface area contributed by atoms with E-state index in [9.17, 15) is 8.42 Å². The van der Waals surface area contributed by atoms with Crippen LogP contribution in [0.2, 0.25) is 0 Å². The molecule has 14 heavy (non-hydrogen) atoms. The third kappa shape index (κ3) is 8.51. The van der Waals surface area contributed by atoms with Gasteiger partial charge in [-0.05, 0) is 24.7 Å². The maximum Gasteiger partial charge on any atom is 0.264 e. The molecule has 0 saturated heterocycles. The van der Waals surface area contributed by atoms with Gasteiger partial charge in [0.25, 0.3) is 10.1 Å². The standard InChI is InChI=1S/C10H22O3S/c1-8(2)6-10(7-9(3)4)13-14(5,11)12/h8-10H,6-7H2,1-5H3. The smallest absolute Gasteiger partial charge is 0.264 e. The monoisotopic (exact) mass is 222 g/mol. The predicted octanol–water partition coefficient (Wildman–Crippen LogP) is 2.42. The van der Waals surface area contributed by atoms with E-state index < -0.39 is 10.1 Å². The van der Waals surface area contributed by atoms with Gasteiger partial charge in [0.2, 0.25) is 0 Å². The highest BCUT2D eigenvalue weighted by molar-refractivity contribution is 7.86. The van der Waals surface area contributed by atoms with E-state index in [4.69, 9.17) is 4.18 Å². The molecule has 0 aliphatic carbocycles. The third-order valence-corrected chi connectivity index (χ3v) is 2.40. The van der Waals surface area contributed by atoms with Gasteiger partial charge in [-0.2, -0.15) is 8.42 Å². The van der Waals surface area contributed by atoms with E-state index in [0.717, 1.165) is 19.1 Å². The first kappa shape index (κ1) is 13.9. The van der Waals surface area contributed by atoms with Crippen LogP contribution < -0.4 is 0 Å². The molecule has 0 spiro atoms. The van der Waals surface area contributed by atoms with Crippen molar-refractivity contribution in [3.8, 4) is 0 Å². The molecule has 0 aliphatic rings. The molecular weight excluding hydrogens is 200 g/mol. The SMILES string of the molecule is CC(C)CC(CC(C)C)OS(C)(=O)=O. The van der Waals surface area contributed by atoms with E-state index in [1.165, 1.54) is 0 Å². The highest BCUT2D eigenvalue weighted by atomic mass is 32.2. The first-order valence-electron chi connectivity index (χ1n) is 5.09. The summed E-state index contributed by atoms with van der Waals surface area (Å²) in [6.07, 6.45) is 2.54. The molecule has 0 atom stereocenters. The van der Waals surface area contributed by atoms with Gasteiger partial charge in [-0.15, -0.1) is 0 Å². The summed E-state index contributed by atoms with van der Waals surface area (Å²) in [6.45, 7) is 8.27. The molecule has 4 heteroatoms. The Hall–Kier alpha value is -0.0900. The third-order valence-electron chi connectivity index (χ3n) is 1.78. The van der Waals surface area contributed by atoms with Crippen LogP contribution in [0.1, 0.15) is 40.5 Å². The van der Waals surface area contributed by atoms with Crippen LogP contribution >= 0.6 is 0 Å². The van der Waals surface area contributed by atoms with Gasteiger partial charge in [-0.1, -0.05) is 27.7 Å². The van der Waals surface area contributed by atoms with Crippen LogP contribution in [0.4, 0.5) is 0 Å². The molecule has 0 unspecified atom stereocenters. The zero-order valence-electron chi connectivity index (χ0n) is 9.78. The second-order valence-electron chi connectivity index (χ2n) is 4.68. The second kappa shape index (κ2) is 5.71. The molecule has 0 aromatic carbocycles. The summed E-state index contributed by atoms with van der Waals surface area (Å²) in [4.78, 5) is 0. The van der Waals surface area contributed by atoms with Crippen molar-refractivity contribution in [3.63, 3.8) is 0 Å². The van der Waals surface area contributed by atoms with Gasteiger partial charge >= 0.3 is 0 Å². The van der Waals surface area contributed by atoms with Crippen molar-refractivity contribution in [1.29, 1.82) is 0 Å². The highest BCUT2D eigenvalue weighted by Gasteiger charge is 2.18. The maximum atomic E-state index is 11.0. The van der Waals surface area contributed by atoms with Crippen LogP contribution in [-0.4, -0.2) is 20.8 Å². The molecule has 0 aromatic rings. The first-order chi connectivity index (χ1) is 6.20. The minimum atomic E-state index is -3.31. The molecule has 0 rings (SSSR count). The Kier molecular flexibility index (Phi) is 5.67. The summed E-state index contributed by atoms with van der Waals surface area (Å²) in [5.41, 5.74) is 0.